The number of benzene rings is 1. The molecule has 2 unspecified atom stereocenters. The lowest BCUT2D eigenvalue weighted by Crippen LogP contribution is -2.41. The van der Waals surface area contributed by atoms with Crippen LogP contribution in [0.4, 0.5) is 0 Å². The molecule has 3 N–H and O–H groups in total. The molecule has 8 heteroatoms. The third-order valence-electron chi connectivity index (χ3n) is 3.77. The number of amides is 1. The maximum atomic E-state index is 12.1. The van der Waals surface area contributed by atoms with Crippen LogP contribution >= 0.6 is 0 Å². The van der Waals surface area contributed by atoms with E-state index in [0.717, 1.165) is 19.5 Å². The van der Waals surface area contributed by atoms with Crippen LogP contribution in [0.15, 0.2) is 34.2 Å². The number of carbonyl (C=O) groups excluding carboxylic acids is 1. The van der Waals surface area contributed by atoms with Gasteiger partial charge in [0.25, 0.3) is 10.0 Å². The summed E-state index contributed by atoms with van der Waals surface area (Å²) >= 11 is 0. The fraction of sp³-hybridized carbons (Fsp3) is 0.429. The van der Waals surface area contributed by atoms with Gasteiger partial charge in [-0.3, -0.25) is 14.5 Å². The topological polar surface area (TPSA) is 99.7 Å². The van der Waals surface area contributed by atoms with Crippen molar-refractivity contribution in [1.29, 1.82) is 0 Å². The standard InChI is InChI=1S/C14H18N4O3S/c1-9(14(19)17-10-6-7-15-8-10)16-13-11-4-2-3-5-12(11)22(20,21)18-13/h2-5,9-10,15H,6-8H2,1H3,(H,16,18)(H,17,19). The number of nitrogens with zero attached hydrogens (tertiary/aromatic N) is 1. The van der Waals surface area contributed by atoms with Crippen molar-refractivity contribution in [2.24, 2.45) is 4.99 Å². The lowest BCUT2D eigenvalue weighted by atomic mass is 10.2. The van der Waals surface area contributed by atoms with Gasteiger partial charge in [-0.15, -0.1) is 0 Å². The Morgan fingerprint density at radius 2 is 2.18 bits per heavy atom. The van der Waals surface area contributed by atoms with Gasteiger partial charge in [-0.25, -0.2) is 8.42 Å². The second-order valence-electron chi connectivity index (χ2n) is 5.45. The molecule has 118 valence electrons. The highest BCUT2D eigenvalue weighted by molar-refractivity contribution is 7.90. The van der Waals surface area contributed by atoms with E-state index in [2.05, 4.69) is 20.3 Å². The smallest absolute Gasteiger partial charge is 0.263 e. The van der Waals surface area contributed by atoms with Crippen LogP contribution in [-0.4, -0.2) is 45.3 Å². The Kier molecular flexibility index (Phi) is 3.88. The fourth-order valence-corrected chi connectivity index (χ4v) is 3.82. The van der Waals surface area contributed by atoms with E-state index in [1.165, 1.54) is 6.07 Å². The number of hydrogen-bond acceptors (Lipinski definition) is 5. The zero-order valence-electron chi connectivity index (χ0n) is 12.2. The molecule has 7 nitrogen and oxygen atoms in total. The van der Waals surface area contributed by atoms with E-state index < -0.39 is 16.1 Å². The van der Waals surface area contributed by atoms with Gasteiger partial charge < -0.3 is 10.6 Å². The maximum absolute atomic E-state index is 12.1. The Balaban J connectivity index is 1.79. The van der Waals surface area contributed by atoms with E-state index in [0.29, 0.717) is 5.56 Å². The first-order chi connectivity index (χ1) is 10.5. The van der Waals surface area contributed by atoms with Crippen molar-refractivity contribution in [2.45, 2.75) is 30.3 Å². The van der Waals surface area contributed by atoms with E-state index >= 15 is 0 Å². The van der Waals surface area contributed by atoms with Crippen molar-refractivity contribution in [1.82, 2.24) is 15.4 Å². The molecule has 2 aliphatic rings. The van der Waals surface area contributed by atoms with E-state index in [4.69, 9.17) is 0 Å². The van der Waals surface area contributed by atoms with Crippen LogP contribution in [0.5, 0.6) is 0 Å². The molecule has 2 aliphatic heterocycles. The van der Waals surface area contributed by atoms with Crippen molar-refractivity contribution >= 4 is 21.8 Å². The summed E-state index contributed by atoms with van der Waals surface area (Å²) in [5.74, 6) is 0.0209. The first-order valence-electron chi connectivity index (χ1n) is 7.18. The van der Waals surface area contributed by atoms with Crippen molar-refractivity contribution in [3.63, 3.8) is 0 Å². The number of fused-ring (bicyclic) bond motifs is 1. The minimum absolute atomic E-state index is 0.114. The molecule has 0 spiro atoms. The summed E-state index contributed by atoms with van der Waals surface area (Å²) in [5, 5.41) is 6.08. The number of aliphatic imine (C=N–C) groups is 1. The molecule has 0 aliphatic carbocycles. The third-order valence-corrected chi connectivity index (χ3v) is 5.17. The lowest BCUT2D eigenvalue weighted by molar-refractivity contribution is -0.122. The molecule has 0 bridgehead atoms. The molecule has 0 saturated carbocycles. The molecule has 1 saturated heterocycles. The SMILES string of the molecule is CC(N=C1NS(=O)(=O)c2ccccc21)C(=O)NC1CCNC1. The molecule has 0 aromatic heterocycles. The maximum Gasteiger partial charge on any atom is 0.263 e. The van der Waals surface area contributed by atoms with E-state index in [9.17, 15) is 13.2 Å². The van der Waals surface area contributed by atoms with Gasteiger partial charge in [-0.2, -0.15) is 0 Å². The molecular weight excluding hydrogens is 304 g/mol. The monoisotopic (exact) mass is 322 g/mol. The summed E-state index contributed by atoms with van der Waals surface area (Å²) in [7, 11) is -3.57. The van der Waals surface area contributed by atoms with E-state index in [-0.39, 0.29) is 22.7 Å². The molecule has 3 rings (SSSR count). The summed E-state index contributed by atoms with van der Waals surface area (Å²) in [4.78, 5) is 16.6. The average molecular weight is 322 g/mol. The lowest BCUT2D eigenvalue weighted by Gasteiger charge is -2.14. The Bertz CT molecular complexity index is 723. The van der Waals surface area contributed by atoms with E-state index in [1.807, 2.05) is 0 Å². The van der Waals surface area contributed by atoms with Crippen molar-refractivity contribution in [3.8, 4) is 0 Å². The normalized spacial score (nSPS) is 25.5. The summed E-state index contributed by atoms with van der Waals surface area (Å²) in [6.07, 6.45) is 0.893. The zero-order valence-corrected chi connectivity index (χ0v) is 13.0. The molecule has 1 fully saturated rings. The highest BCUT2D eigenvalue weighted by atomic mass is 32.2. The number of hydrogen-bond donors (Lipinski definition) is 3. The molecule has 1 amide bonds. The predicted molar refractivity (Wildman–Crippen MR) is 82.2 cm³/mol. The highest BCUT2D eigenvalue weighted by Crippen LogP contribution is 2.22. The highest BCUT2D eigenvalue weighted by Gasteiger charge is 2.31. The summed E-state index contributed by atoms with van der Waals surface area (Å²) in [5.41, 5.74) is 0.504. The molecule has 2 heterocycles. The first kappa shape index (κ1) is 15.0. The van der Waals surface area contributed by atoms with Gasteiger partial charge >= 0.3 is 0 Å². The summed E-state index contributed by atoms with van der Waals surface area (Å²) in [6.45, 7) is 3.30. The number of rotatable bonds is 3. The van der Waals surface area contributed by atoms with Gasteiger partial charge in [0.15, 0.2) is 0 Å². The minimum atomic E-state index is -3.57. The van der Waals surface area contributed by atoms with Crippen LogP contribution in [0.25, 0.3) is 0 Å². The second-order valence-corrected chi connectivity index (χ2v) is 7.10. The van der Waals surface area contributed by atoms with Crippen LogP contribution < -0.4 is 15.4 Å². The number of sulfonamides is 1. The Labute approximate surface area is 129 Å². The Hall–Kier alpha value is -1.93. The largest absolute Gasteiger partial charge is 0.350 e. The molecule has 0 radical (unpaired) electrons. The molecule has 1 aromatic rings. The second kappa shape index (κ2) is 5.69. The average Bonchev–Trinajstić information content (AvgIpc) is 3.07. The number of nitrogens with one attached hydrogen (secondary N) is 3. The van der Waals surface area contributed by atoms with Crippen LogP contribution in [0.1, 0.15) is 18.9 Å². The van der Waals surface area contributed by atoms with E-state index in [1.54, 1.807) is 25.1 Å². The molecule has 2 atom stereocenters. The summed E-state index contributed by atoms with van der Waals surface area (Å²) in [6, 6.07) is 6.05. The zero-order chi connectivity index (χ0) is 15.7. The first-order valence-corrected chi connectivity index (χ1v) is 8.67. The Morgan fingerprint density at radius 1 is 1.41 bits per heavy atom. The van der Waals surface area contributed by atoms with Crippen LogP contribution in [0, 0.1) is 0 Å². The van der Waals surface area contributed by atoms with Crippen LogP contribution in [-0.2, 0) is 14.8 Å². The van der Waals surface area contributed by atoms with Crippen LogP contribution in [0.2, 0.25) is 0 Å². The Morgan fingerprint density at radius 3 is 2.91 bits per heavy atom. The third kappa shape index (κ3) is 2.84. The van der Waals surface area contributed by atoms with Gasteiger partial charge in [-0.05, 0) is 32.0 Å². The van der Waals surface area contributed by atoms with Gasteiger partial charge in [0.05, 0.1) is 4.90 Å². The van der Waals surface area contributed by atoms with Gasteiger partial charge in [-0.1, -0.05) is 12.1 Å². The van der Waals surface area contributed by atoms with Crippen molar-refractivity contribution in [2.75, 3.05) is 13.1 Å². The van der Waals surface area contributed by atoms with Crippen molar-refractivity contribution in [3.05, 3.63) is 29.8 Å². The van der Waals surface area contributed by atoms with Crippen molar-refractivity contribution < 1.29 is 13.2 Å². The van der Waals surface area contributed by atoms with Gasteiger partial charge in [0.1, 0.15) is 11.9 Å². The number of amidine groups is 1. The quantitative estimate of drug-likeness (QED) is 0.704. The number of carbonyl (C=O) groups is 1. The van der Waals surface area contributed by atoms with Gasteiger partial charge in [0.2, 0.25) is 5.91 Å². The molecular formula is C14H18N4O3S. The van der Waals surface area contributed by atoms with Crippen LogP contribution in [0.3, 0.4) is 0 Å². The predicted octanol–water partition coefficient (Wildman–Crippen LogP) is -0.408. The summed E-state index contributed by atoms with van der Waals surface area (Å²) < 4.78 is 26.4. The van der Waals surface area contributed by atoms with Gasteiger partial charge in [0, 0.05) is 18.2 Å². The fourth-order valence-electron chi connectivity index (χ4n) is 2.58. The molecule has 1 aromatic carbocycles. The minimum Gasteiger partial charge on any atom is -0.350 e. The molecule has 22 heavy (non-hydrogen) atoms.